The summed E-state index contributed by atoms with van der Waals surface area (Å²) in [6, 6.07) is 3.92. The molecule has 1 fully saturated rings. The van der Waals surface area contributed by atoms with Crippen molar-refractivity contribution in [2.75, 3.05) is 21.0 Å². The van der Waals surface area contributed by atoms with Gasteiger partial charge in [-0.1, -0.05) is 20.8 Å². The Balaban J connectivity index is 2.59. The Labute approximate surface area is 152 Å². The Bertz CT molecular complexity index is 603. The van der Waals surface area contributed by atoms with Gasteiger partial charge in [0.15, 0.2) is 6.79 Å². The lowest BCUT2D eigenvalue weighted by Gasteiger charge is -2.32. The van der Waals surface area contributed by atoms with Crippen LogP contribution in [0.3, 0.4) is 0 Å². The smallest absolute Gasteiger partial charge is 0.497 e. The fraction of sp³-hybridized carbons (Fsp3) is 0.684. The summed E-state index contributed by atoms with van der Waals surface area (Å²) in [7, 11) is 2.73. The van der Waals surface area contributed by atoms with E-state index in [1.54, 1.807) is 14.2 Å². The van der Waals surface area contributed by atoms with Gasteiger partial charge in [-0.25, -0.2) is 0 Å². The largest absolute Gasteiger partial charge is 0.498 e. The van der Waals surface area contributed by atoms with Crippen molar-refractivity contribution < 1.29 is 23.5 Å². The van der Waals surface area contributed by atoms with E-state index in [4.69, 9.17) is 23.5 Å². The fourth-order valence-corrected chi connectivity index (χ4v) is 2.72. The summed E-state index contributed by atoms with van der Waals surface area (Å²) in [5, 5.41) is 0. The first kappa shape index (κ1) is 20.1. The second-order valence-electron chi connectivity index (χ2n) is 8.48. The molecule has 1 aromatic carbocycles. The Morgan fingerprint density at radius 3 is 2.00 bits per heavy atom. The molecule has 25 heavy (non-hydrogen) atoms. The molecule has 6 heteroatoms. The van der Waals surface area contributed by atoms with Gasteiger partial charge in [-0.3, -0.25) is 0 Å². The maximum atomic E-state index is 6.24. The normalized spacial score (nSPS) is 19.2. The summed E-state index contributed by atoms with van der Waals surface area (Å²) >= 11 is 0. The van der Waals surface area contributed by atoms with Gasteiger partial charge >= 0.3 is 7.12 Å². The van der Waals surface area contributed by atoms with Gasteiger partial charge in [-0.2, -0.15) is 0 Å². The molecule has 5 nitrogen and oxygen atoms in total. The van der Waals surface area contributed by atoms with Crippen molar-refractivity contribution in [1.29, 1.82) is 0 Å². The number of benzene rings is 1. The molecule has 0 amide bonds. The minimum absolute atomic E-state index is 0.143. The molecular formula is C19H31BO5. The number of methoxy groups -OCH3 is 2. The van der Waals surface area contributed by atoms with Crippen molar-refractivity contribution in [2.24, 2.45) is 0 Å². The van der Waals surface area contributed by atoms with Crippen LogP contribution < -0.4 is 14.9 Å². The molecule has 0 atom stereocenters. The lowest BCUT2D eigenvalue weighted by molar-refractivity contribution is 0.00578. The molecule has 0 aliphatic carbocycles. The zero-order valence-corrected chi connectivity index (χ0v) is 17.0. The molecule has 0 N–H and O–H groups in total. The maximum absolute atomic E-state index is 6.24. The highest BCUT2D eigenvalue weighted by Gasteiger charge is 2.53. The van der Waals surface area contributed by atoms with E-state index in [-0.39, 0.29) is 12.2 Å². The van der Waals surface area contributed by atoms with Gasteiger partial charge in [0.25, 0.3) is 0 Å². The molecule has 1 saturated heterocycles. The number of rotatable bonds is 5. The lowest BCUT2D eigenvalue weighted by Crippen LogP contribution is -2.41. The van der Waals surface area contributed by atoms with Gasteiger partial charge in [0.2, 0.25) is 0 Å². The average Bonchev–Trinajstić information content (AvgIpc) is 2.71. The number of ether oxygens (including phenoxy) is 3. The summed E-state index contributed by atoms with van der Waals surface area (Å²) in [5.74, 6) is 1.48. The van der Waals surface area contributed by atoms with Crippen molar-refractivity contribution in [1.82, 2.24) is 0 Å². The van der Waals surface area contributed by atoms with E-state index in [9.17, 15) is 0 Å². The van der Waals surface area contributed by atoms with Crippen LogP contribution in [0.5, 0.6) is 11.5 Å². The highest BCUT2D eigenvalue weighted by atomic mass is 16.7. The second-order valence-corrected chi connectivity index (χ2v) is 8.48. The van der Waals surface area contributed by atoms with Crippen LogP contribution >= 0.6 is 0 Å². The molecular weight excluding hydrogens is 319 g/mol. The summed E-state index contributed by atoms with van der Waals surface area (Å²) in [5.41, 5.74) is 0.840. The Kier molecular flexibility index (Phi) is 5.48. The first-order valence-corrected chi connectivity index (χ1v) is 8.63. The third-order valence-electron chi connectivity index (χ3n) is 4.96. The van der Waals surface area contributed by atoms with Crippen molar-refractivity contribution in [2.45, 2.75) is 65.1 Å². The highest BCUT2D eigenvalue weighted by Crippen LogP contribution is 2.39. The van der Waals surface area contributed by atoms with Crippen LogP contribution in [0.4, 0.5) is 0 Å². The van der Waals surface area contributed by atoms with E-state index in [0.717, 1.165) is 22.5 Å². The van der Waals surface area contributed by atoms with Crippen molar-refractivity contribution in [3.8, 4) is 11.5 Å². The summed E-state index contributed by atoms with van der Waals surface area (Å²) in [4.78, 5) is 0. The molecule has 1 aromatic rings. The zero-order valence-electron chi connectivity index (χ0n) is 17.0. The van der Waals surface area contributed by atoms with Gasteiger partial charge in [0.05, 0.1) is 18.3 Å². The van der Waals surface area contributed by atoms with Crippen LogP contribution in [0.15, 0.2) is 12.1 Å². The molecule has 0 aromatic heterocycles. The van der Waals surface area contributed by atoms with Crippen LogP contribution in [0.25, 0.3) is 0 Å². The van der Waals surface area contributed by atoms with E-state index in [2.05, 4.69) is 20.8 Å². The monoisotopic (exact) mass is 350 g/mol. The van der Waals surface area contributed by atoms with Crippen molar-refractivity contribution in [3.05, 3.63) is 17.7 Å². The Morgan fingerprint density at radius 1 is 1.00 bits per heavy atom. The van der Waals surface area contributed by atoms with E-state index in [0.29, 0.717) is 0 Å². The maximum Gasteiger partial charge on any atom is 0.498 e. The molecule has 0 unspecified atom stereocenters. The predicted octanol–water partition coefficient (Wildman–Crippen LogP) is 3.27. The molecule has 0 bridgehead atoms. The third-order valence-corrected chi connectivity index (χ3v) is 4.96. The van der Waals surface area contributed by atoms with E-state index < -0.39 is 18.3 Å². The first-order chi connectivity index (χ1) is 11.4. The quantitative estimate of drug-likeness (QED) is 0.602. The molecule has 1 aliphatic rings. The minimum Gasteiger partial charge on any atom is -0.497 e. The SMILES string of the molecule is COCOc1c(B2OC(C)(C)C(C)(C)O2)cc(OC)cc1C(C)(C)C. The van der Waals surface area contributed by atoms with Crippen LogP contribution in [-0.4, -0.2) is 39.3 Å². The second kappa shape index (κ2) is 6.82. The minimum atomic E-state index is -0.534. The van der Waals surface area contributed by atoms with Gasteiger partial charge in [0, 0.05) is 18.1 Å². The molecule has 0 spiro atoms. The first-order valence-electron chi connectivity index (χ1n) is 8.63. The molecule has 2 rings (SSSR count). The molecule has 0 saturated carbocycles. The fourth-order valence-electron chi connectivity index (χ4n) is 2.72. The lowest BCUT2D eigenvalue weighted by atomic mass is 9.74. The third kappa shape index (κ3) is 3.96. The molecule has 1 heterocycles. The van der Waals surface area contributed by atoms with Crippen molar-refractivity contribution in [3.63, 3.8) is 0 Å². The van der Waals surface area contributed by atoms with Crippen molar-refractivity contribution >= 4 is 12.6 Å². The topological polar surface area (TPSA) is 46.2 Å². The van der Waals surface area contributed by atoms with Gasteiger partial charge in [0.1, 0.15) is 11.5 Å². The van der Waals surface area contributed by atoms with Crippen LogP contribution in [0.2, 0.25) is 0 Å². The number of hydrogen-bond donors (Lipinski definition) is 0. The zero-order chi connectivity index (χ0) is 19.0. The molecule has 140 valence electrons. The van der Waals surface area contributed by atoms with Gasteiger partial charge in [-0.05, 0) is 45.2 Å². The van der Waals surface area contributed by atoms with Crippen LogP contribution in [0.1, 0.15) is 54.0 Å². The Hall–Kier alpha value is -1.24. The Morgan fingerprint density at radius 2 is 1.56 bits per heavy atom. The van der Waals surface area contributed by atoms with Gasteiger partial charge < -0.3 is 23.5 Å². The van der Waals surface area contributed by atoms with E-state index in [1.165, 1.54) is 0 Å². The number of hydrogen-bond acceptors (Lipinski definition) is 5. The summed E-state index contributed by atoms with van der Waals surface area (Å²) < 4.78 is 29.1. The summed E-state index contributed by atoms with van der Waals surface area (Å²) in [6.45, 7) is 14.7. The van der Waals surface area contributed by atoms with E-state index in [1.807, 2.05) is 39.8 Å². The van der Waals surface area contributed by atoms with Crippen LogP contribution in [-0.2, 0) is 19.5 Å². The average molecular weight is 350 g/mol. The summed E-state index contributed by atoms with van der Waals surface area (Å²) in [6.07, 6.45) is 0. The van der Waals surface area contributed by atoms with E-state index >= 15 is 0 Å². The van der Waals surface area contributed by atoms with Gasteiger partial charge in [-0.15, -0.1) is 0 Å². The highest BCUT2D eigenvalue weighted by molar-refractivity contribution is 6.63. The predicted molar refractivity (Wildman–Crippen MR) is 99.9 cm³/mol. The standard InChI is InChI=1S/C19H31BO5/c1-17(2,3)14-10-13(22-9)11-15(16(14)23-12-21-8)20-24-18(4,5)19(6,7)25-20/h10-11H,12H2,1-9H3. The molecule has 1 aliphatic heterocycles. The molecule has 0 radical (unpaired) electrons. The van der Waals surface area contributed by atoms with Crippen LogP contribution in [0, 0.1) is 0 Å².